The first-order valence-electron chi connectivity index (χ1n) is 7.55. The summed E-state index contributed by atoms with van der Waals surface area (Å²) >= 11 is 3.16. The van der Waals surface area contributed by atoms with E-state index >= 15 is 0 Å². The Bertz CT molecular complexity index is 1000. The lowest BCUT2D eigenvalue weighted by molar-refractivity contribution is -0.385. The molecule has 3 aromatic rings. The average Bonchev–Trinajstić information content (AvgIpc) is 2.57. The number of hydrogen-bond donors (Lipinski definition) is 1. The highest BCUT2D eigenvalue weighted by Gasteiger charge is 2.11. The molecule has 0 aliphatic heterocycles. The summed E-state index contributed by atoms with van der Waals surface area (Å²) in [7, 11) is 0. The topological polar surface area (TPSA) is 80.4 Å². The number of aryl methyl sites for hydroxylation is 2. The lowest BCUT2D eigenvalue weighted by Crippen LogP contribution is -1.98. The van der Waals surface area contributed by atoms with E-state index < -0.39 is 4.92 Å². The predicted octanol–water partition coefficient (Wildman–Crippen LogP) is 4.97. The van der Waals surface area contributed by atoms with Crippen LogP contribution in [-0.4, -0.2) is 16.1 Å². The smallest absolute Gasteiger partial charge is 0.261 e. The van der Waals surface area contributed by atoms with Gasteiger partial charge in [0.15, 0.2) is 0 Å². The molecule has 0 saturated heterocycles. The molecular formula is C18H15BrN4O2. The summed E-state index contributed by atoms with van der Waals surface area (Å²) in [4.78, 5) is 15.1. The minimum atomic E-state index is -0.438. The molecule has 6 nitrogen and oxygen atoms in total. The Hall–Kier alpha value is -2.80. The van der Waals surface area contributed by atoms with Crippen molar-refractivity contribution >= 4 is 44.6 Å². The lowest BCUT2D eigenvalue weighted by Gasteiger charge is -2.07. The van der Waals surface area contributed by atoms with Gasteiger partial charge in [0, 0.05) is 17.0 Å². The fraction of sp³-hybridized carbons (Fsp3) is 0.111. The van der Waals surface area contributed by atoms with Gasteiger partial charge in [0.1, 0.15) is 5.82 Å². The molecule has 0 unspecified atom stereocenters. The third-order valence-electron chi connectivity index (χ3n) is 3.71. The Balaban J connectivity index is 1.85. The second kappa shape index (κ2) is 6.98. The van der Waals surface area contributed by atoms with Crippen LogP contribution < -0.4 is 5.43 Å². The standard InChI is InChI=1S/C18H15BrN4O2/c1-11-3-5-14-8-12(2)18(21-16(14)7-11)22-20-10-13-4-6-15(19)17(9-13)23(24)25/h3-10H,1-2H3,(H,21,22). The van der Waals surface area contributed by atoms with Gasteiger partial charge in [-0.3, -0.25) is 15.5 Å². The van der Waals surface area contributed by atoms with Crippen molar-refractivity contribution in [2.24, 2.45) is 5.10 Å². The van der Waals surface area contributed by atoms with E-state index in [0.717, 1.165) is 22.0 Å². The number of hydrogen-bond acceptors (Lipinski definition) is 5. The Morgan fingerprint density at radius 1 is 1.20 bits per heavy atom. The minimum absolute atomic E-state index is 0.000522. The fourth-order valence-electron chi connectivity index (χ4n) is 2.41. The van der Waals surface area contributed by atoms with Gasteiger partial charge in [0.25, 0.3) is 5.69 Å². The van der Waals surface area contributed by atoms with Gasteiger partial charge in [-0.2, -0.15) is 5.10 Å². The summed E-state index contributed by atoms with van der Waals surface area (Å²) in [6, 6.07) is 13.0. The molecule has 0 radical (unpaired) electrons. The van der Waals surface area contributed by atoms with Crippen molar-refractivity contribution in [3.63, 3.8) is 0 Å². The zero-order valence-electron chi connectivity index (χ0n) is 13.7. The van der Waals surface area contributed by atoms with E-state index in [1.165, 1.54) is 12.3 Å². The summed E-state index contributed by atoms with van der Waals surface area (Å²) in [5, 5.41) is 16.2. The quantitative estimate of drug-likeness (QED) is 0.382. The molecule has 0 atom stereocenters. The van der Waals surface area contributed by atoms with Crippen molar-refractivity contribution in [2.75, 3.05) is 5.43 Å². The van der Waals surface area contributed by atoms with Gasteiger partial charge in [-0.1, -0.05) is 18.2 Å². The monoisotopic (exact) mass is 398 g/mol. The molecule has 2 aromatic carbocycles. The van der Waals surface area contributed by atoms with Gasteiger partial charge in [-0.05, 0) is 59.1 Å². The predicted molar refractivity (Wildman–Crippen MR) is 103 cm³/mol. The Kier molecular flexibility index (Phi) is 4.76. The van der Waals surface area contributed by atoms with Crippen LogP contribution in [0.5, 0.6) is 0 Å². The third-order valence-corrected chi connectivity index (χ3v) is 4.39. The number of fused-ring (bicyclic) bond motifs is 1. The van der Waals surface area contributed by atoms with Crippen LogP contribution in [0.1, 0.15) is 16.7 Å². The largest absolute Gasteiger partial charge is 0.284 e. The van der Waals surface area contributed by atoms with Crippen LogP contribution in [0.15, 0.2) is 52.0 Å². The van der Waals surface area contributed by atoms with E-state index in [4.69, 9.17) is 0 Å². The van der Waals surface area contributed by atoms with Crippen LogP contribution in [0.2, 0.25) is 0 Å². The Labute approximate surface area is 152 Å². The van der Waals surface area contributed by atoms with Crippen LogP contribution in [0.4, 0.5) is 11.5 Å². The van der Waals surface area contributed by atoms with Crippen molar-refractivity contribution in [3.8, 4) is 0 Å². The Morgan fingerprint density at radius 3 is 2.76 bits per heavy atom. The molecule has 7 heteroatoms. The molecule has 1 aromatic heterocycles. The summed E-state index contributed by atoms with van der Waals surface area (Å²) in [5.74, 6) is 0.654. The number of nitro groups is 1. The van der Waals surface area contributed by atoms with E-state index in [1.807, 2.05) is 32.0 Å². The fourth-order valence-corrected chi connectivity index (χ4v) is 2.81. The zero-order chi connectivity index (χ0) is 18.0. The Morgan fingerprint density at radius 2 is 2.00 bits per heavy atom. The van der Waals surface area contributed by atoms with Crippen LogP contribution in [-0.2, 0) is 0 Å². The summed E-state index contributed by atoms with van der Waals surface area (Å²) in [6.45, 7) is 3.97. The van der Waals surface area contributed by atoms with E-state index in [2.05, 4.69) is 37.5 Å². The molecule has 1 heterocycles. The first kappa shape index (κ1) is 17.0. The minimum Gasteiger partial charge on any atom is -0.261 e. The number of pyridine rings is 1. The number of benzene rings is 2. The van der Waals surface area contributed by atoms with Gasteiger partial charge >= 0.3 is 0 Å². The molecule has 0 amide bonds. The normalized spacial score (nSPS) is 11.2. The van der Waals surface area contributed by atoms with Crippen molar-refractivity contribution in [2.45, 2.75) is 13.8 Å². The maximum atomic E-state index is 11.0. The summed E-state index contributed by atoms with van der Waals surface area (Å²) < 4.78 is 0.435. The van der Waals surface area contributed by atoms with Gasteiger partial charge in [0.05, 0.1) is 21.1 Å². The molecule has 0 fully saturated rings. The summed E-state index contributed by atoms with van der Waals surface area (Å²) in [6.07, 6.45) is 1.53. The van der Waals surface area contributed by atoms with E-state index in [9.17, 15) is 10.1 Å². The molecule has 1 N–H and O–H groups in total. The number of halogens is 1. The number of aromatic nitrogens is 1. The molecular weight excluding hydrogens is 384 g/mol. The van der Waals surface area contributed by atoms with Gasteiger partial charge in [-0.15, -0.1) is 0 Å². The maximum absolute atomic E-state index is 11.0. The first-order valence-corrected chi connectivity index (χ1v) is 8.34. The molecule has 126 valence electrons. The maximum Gasteiger partial charge on any atom is 0.284 e. The van der Waals surface area contributed by atoms with Crippen LogP contribution in [0.3, 0.4) is 0 Å². The number of nitrogens with one attached hydrogen (secondary N) is 1. The second-order valence-corrected chi connectivity index (χ2v) is 6.54. The van der Waals surface area contributed by atoms with E-state index in [1.54, 1.807) is 12.1 Å². The third kappa shape index (κ3) is 3.83. The van der Waals surface area contributed by atoms with Gasteiger partial charge in [-0.25, -0.2) is 4.98 Å². The highest BCUT2D eigenvalue weighted by atomic mass is 79.9. The van der Waals surface area contributed by atoms with Gasteiger partial charge < -0.3 is 0 Å². The highest BCUT2D eigenvalue weighted by molar-refractivity contribution is 9.10. The van der Waals surface area contributed by atoms with Crippen molar-refractivity contribution < 1.29 is 4.92 Å². The van der Waals surface area contributed by atoms with Gasteiger partial charge in [0.2, 0.25) is 0 Å². The van der Waals surface area contributed by atoms with Crippen LogP contribution in [0, 0.1) is 24.0 Å². The lowest BCUT2D eigenvalue weighted by atomic mass is 10.1. The van der Waals surface area contributed by atoms with Crippen LogP contribution in [0.25, 0.3) is 10.9 Å². The number of nitrogens with zero attached hydrogens (tertiary/aromatic N) is 3. The van der Waals surface area contributed by atoms with Crippen molar-refractivity contribution in [3.05, 3.63) is 73.7 Å². The van der Waals surface area contributed by atoms with E-state index in [0.29, 0.717) is 15.9 Å². The number of hydrazone groups is 1. The molecule has 0 bridgehead atoms. The average molecular weight is 399 g/mol. The van der Waals surface area contributed by atoms with Crippen molar-refractivity contribution in [1.29, 1.82) is 0 Å². The molecule has 0 aliphatic carbocycles. The van der Waals surface area contributed by atoms with Crippen molar-refractivity contribution in [1.82, 2.24) is 4.98 Å². The number of nitro benzene ring substituents is 1. The zero-order valence-corrected chi connectivity index (χ0v) is 15.2. The van der Waals surface area contributed by atoms with Crippen LogP contribution >= 0.6 is 15.9 Å². The molecule has 0 aliphatic rings. The first-order chi connectivity index (χ1) is 11.9. The molecule has 0 saturated carbocycles. The highest BCUT2D eigenvalue weighted by Crippen LogP contribution is 2.25. The number of rotatable bonds is 4. The molecule has 25 heavy (non-hydrogen) atoms. The molecule has 3 rings (SSSR count). The van der Waals surface area contributed by atoms with E-state index in [-0.39, 0.29) is 5.69 Å². The molecule has 0 spiro atoms. The second-order valence-electron chi connectivity index (χ2n) is 5.69. The summed E-state index contributed by atoms with van der Waals surface area (Å²) in [5.41, 5.74) is 6.53. The number of anilines is 1. The SMILES string of the molecule is Cc1ccc2cc(C)c(NN=Cc3ccc(Br)c([N+](=O)[O-])c3)nc2c1.